The average Bonchev–Trinajstić information content (AvgIpc) is 0.789. The van der Waals surface area contributed by atoms with Gasteiger partial charge in [-0.15, -0.1) is 0 Å². The van der Waals surface area contributed by atoms with Crippen molar-refractivity contribution in [2.24, 2.45) is 5.92 Å². The highest BCUT2D eigenvalue weighted by molar-refractivity contribution is 9.11. The number of amides is 5. The zero-order valence-corrected chi connectivity index (χ0v) is 68.9. The zero-order chi connectivity index (χ0) is 80.8. The Hall–Kier alpha value is -7.35. The monoisotopic (exact) mass is 1960 g/mol. The lowest BCUT2D eigenvalue weighted by Gasteiger charge is -2.30. The molecule has 34 heteroatoms. The lowest BCUT2D eigenvalue weighted by molar-refractivity contribution is -0.138. The molecule has 0 spiro atoms. The Bertz CT molecular complexity index is 4890. The Balaban J connectivity index is 0.000000215. The van der Waals surface area contributed by atoms with E-state index in [9.17, 15) is 80.6 Å². The number of phenolic OH excluding ortho intramolecular Hbond substituents is 4. The minimum atomic E-state index is -4.54. The molecule has 1 aliphatic carbocycles. The van der Waals surface area contributed by atoms with Gasteiger partial charge in [0.15, 0.2) is 10.8 Å². The SMILES string of the molecule is CCCCCCCC(=O)c1ccc(O)c(C(=O)Nc2cccc(C(F)(F)F)c2)c1.O=C(Nc1ccc(Br)cc1)c1cc(Br)cc(Br)c1O.O=C(Nc1cccc(C(F)(F)F)c1)c1cc(Br)cc(Br)c1O.O=C(Nc1cccc(Cl)c1)C1C=C(Cl)C=C(Cl)C1(O)Cl.O=C(Nc1cccc(Cl)c1)c1cc(Cl)cc(Cl)c1O. The number of ketones is 1. The first-order valence-electron chi connectivity index (χ1n) is 31.4. The van der Waals surface area contributed by atoms with Crippen molar-refractivity contribution in [3.8, 4) is 23.0 Å². The third-order valence-electron chi connectivity index (χ3n) is 14.7. The molecule has 2 unspecified atom stereocenters. The standard InChI is InChI=1S/C22H24F3NO3.C14H8Br2F3NO2.C13H8Br3NO2.C13H9Cl4NO2.C13H8Cl3NO2/c1-2-3-4-5-6-10-19(27)15-11-12-20(28)18(13-15)21(29)26-17-9-7-8-16(14-17)22(23,24)25;15-8-5-10(12(21)11(16)6-8)13(22)20-9-3-1-2-7(4-9)14(17,18)19;14-7-1-3-9(4-2-7)17-13(19)10-5-8(15)6-11(16)12(10)18;14-7-2-1-3-9(4-7)18-12(19)10-5-8(15)6-11(16)13(10,17)20;14-7-2-1-3-9(4-7)17-13(19)10-5-8(15)6-11(16)12(10)18/h7-9,11-14,28H,2-6,10H2,1H3,(H,26,29);1-6,21H,(H,20,22);1-6,18H,(H,17,19);1-6,10,20H,(H,18,19);1-6,18H,(H,17,19). The van der Waals surface area contributed by atoms with Crippen molar-refractivity contribution in [2.75, 3.05) is 26.6 Å². The smallest absolute Gasteiger partial charge is 0.416 e. The Morgan fingerprint density at radius 2 is 0.881 bits per heavy atom. The summed E-state index contributed by atoms with van der Waals surface area (Å²) in [7, 11) is 0. The number of benzene rings is 9. The molecule has 0 bridgehead atoms. The molecular formula is C75H57Br5Cl7F6N5O11. The number of phenols is 4. The van der Waals surface area contributed by atoms with Gasteiger partial charge in [-0.3, -0.25) is 28.8 Å². The molecule has 16 nitrogen and oxygen atoms in total. The van der Waals surface area contributed by atoms with Crippen LogP contribution in [0.4, 0.5) is 54.8 Å². The lowest BCUT2D eigenvalue weighted by atomic mass is 9.95. The summed E-state index contributed by atoms with van der Waals surface area (Å²) >= 11 is 56.8. The van der Waals surface area contributed by atoms with Gasteiger partial charge in [-0.1, -0.05) is 186 Å². The van der Waals surface area contributed by atoms with E-state index < -0.39 is 58.1 Å². The van der Waals surface area contributed by atoms with E-state index in [2.05, 4.69) is 113 Å². The summed E-state index contributed by atoms with van der Waals surface area (Å²) in [6.45, 7) is 2.10. The van der Waals surface area contributed by atoms with Crippen molar-refractivity contribution in [1.29, 1.82) is 0 Å². The molecule has 574 valence electrons. The molecular weight excluding hydrogens is 1910 g/mol. The van der Waals surface area contributed by atoms with Crippen LogP contribution in [0.25, 0.3) is 0 Å². The molecule has 10 N–H and O–H groups in total. The Morgan fingerprint density at radius 1 is 0.450 bits per heavy atom. The quantitative estimate of drug-likeness (QED) is 0.0177. The predicted molar refractivity (Wildman–Crippen MR) is 433 cm³/mol. The number of aliphatic hydroxyl groups is 1. The number of Topliss-reactive ketones (excluding diaryl/α,β-unsaturated/α-hetero) is 1. The third-order valence-corrected chi connectivity index (χ3v) is 19.5. The Morgan fingerprint density at radius 3 is 1.35 bits per heavy atom. The minimum absolute atomic E-state index is 0.00234. The van der Waals surface area contributed by atoms with E-state index in [4.69, 9.17) is 81.2 Å². The summed E-state index contributed by atoms with van der Waals surface area (Å²) in [5, 5.41) is 61.4. The molecule has 9 aromatic rings. The number of aromatic hydroxyl groups is 4. The van der Waals surface area contributed by atoms with Gasteiger partial charge in [0.1, 0.15) is 28.9 Å². The molecule has 0 fully saturated rings. The second-order valence-corrected chi connectivity index (χ2v) is 30.4. The van der Waals surface area contributed by atoms with Crippen LogP contribution in [0.15, 0.2) is 221 Å². The highest BCUT2D eigenvalue weighted by Gasteiger charge is 2.44. The molecule has 0 radical (unpaired) electrons. The van der Waals surface area contributed by atoms with Crippen molar-refractivity contribution in [1.82, 2.24) is 0 Å². The van der Waals surface area contributed by atoms with E-state index >= 15 is 0 Å². The van der Waals surface area contributed by atoms with Crippen LogP contribution in [0.5, 0.6) is 23.0 Å². The first-order chi connectivity index (χ1) is 51.1. The van der Waals surface area contributed by atoms with Gasteiger partial charge in [0.25, 0.3) is 23.6 Å². The summed E-state index contributed by atoms with van der Waals surface area (Å²) in [5.74, 6) is -5.27. The fraction of sp³-hybridized carbons (Fsp3) is 0.147. The Labute approximate surface area is 696 Å². The van der Waals surface area contributed by atoms with Crippen LogP contribution in [0, 0.1) is 5.92 Å². The number of hydrogen-bond donors (Lipinski definition) is 10. The molecule has 0 saturated heterocycles. The van der Waals surface area contributed by atoms with Gasteiger partial charge in [-0.05, 0) is 202 Å². The van der Waals surface area contributed by atoms with Crippen LogP contribution in [0.1, 0.15) is 108 Å². The zero-order valence-electron chi connectivity index (χ0n) is 55.7. The maximum atomic E-state index is 12.8. The molecule has 0 aromatic heterocycles. The van der Waals surface area contributed by atoms with E-state index in [1.807, 2.05) is 12.1 Å². The van der Waals surface area contributed by atoms with Crippen molar-refractivity contribution < 1.29 is 80.6 Å². The van der Waals surface area contributed by atoms with E-state index in [0.717, 1.165) is 60.8 Å². The number of carbonyl (C=O) groups is 6. The molecule has 9 aromatic carbocycles. The van der Waals surface area contributed by atoms with Gasteiger partial charge in [-0.2, -0.15) is 26.3 Å². The summed E-state index contributed by atoms with van der Waals surface area (Å²) in [4.78, 5) is 73.2. The summed E-state index contributed by atoms with van der Waals surface area (Å²) in [6.07, 6.45) is -1.10. The number of nitrogens with one attached hydrogen (secondary N) is 5. The molecule has 109 heavy (non-hydrogen) atoms. The maximum Gasteiger partial charge on any atom is 0.416 e. The second kappa shape index (κ2) is 41.8. The van der Waals surface area contributed by atoms with Crippen LogP contribution >= 0.6 is 161 Å². The largest absolute Gasteiger partial charge is 0.507 e. The number of hydrogen-bond acceptors (Lipinski definition) is 11. The second-order valence-electron chi connectivity index (χ2n) is 22.9. The molecule has 0 saturated carbocycles. The van der Waals surface area contributed by atoms with Crippen molar-refractivity contribution in [3.63, 3.8) is 0 Å². The Kier molecular flexibility index (Phi) is 34.7. The van der Waals surface area contributed by atoms with Crippen LogP contribution in [-0.4, -0.2) is 65.9 Å². The molecule has 1 aliphatic rings. The topological polar surface area (TPSA) is 264 Å². The fourth-order valence-electron chi connectivity index (χ4n) is 9.31. The first kappa shape index (κ1) is 90.5. The highest BCUT2D eigenvalue weighted by atomic mass is 79.9. The number of anilines is 5. The average molecular weight is 1970 g/mol. The van der Waals surface area contributed by atoms with E-state index in [1.165, 1.54) is 78.9 Å². The maximum absolute atomic E-state index is 12.8. The number of unbranched alkanes of at least 4 members (excludes halogenated alkanes) is 4. The van der Waals surface area contributed by atoms with Gasteiger partial charge in [0, 0.05) is 73.9 Å². The normalized spacial score (nSPS) is 13.6. The third kappa shape index (κ3) is 28.1. The van der Waals surface area contributed by atoms with Crippen LogP contribution < -0.4 is 26.6 Å². The number of alkyl halides is 7. The summed E-state index contributed by atoms with van der Waals surface area (Å²) < 4.78 is 79.3. The van der Waals surface area contributed by atoms with Crippen molar-refractivity contribution in [2.45, 2.75) is 62.9 Å². The molecule has 0 heterocycles. The number of allylic oxidation sites excluding steroid dienone is 2. The van der Waals surface area contributed by atoms with E-state index in [-0.39, 0.29) is 98.5 Å². The summed E-state index contributed by atoms with van der Waals surface area (Å²) in [5.41, 5.74) is 0.0394. The van der Waals surface area contributed by atoms with Gasteiger partial charge in [-0.25, -0.2) is 0 Å². The first-order valence-corrected chi connectivity index (χ1v) is 38.0. The minimum Gasteiger partial charge on any atom is -0.507 e. The lowest BCUT2D eigenvalue weighted by Crippen LogP contribution is -2.41. The number of halogens is 18. The van der Waals surface area contributed by atoms with E-state index in [0.29, 0.717) is 46.9 Å². The fourth-order valence-corrected chi connectivity index (χ4v) is 13.6. The summed E-state index contributed by atoms with van der Waals surface area (Å²) in [6, 6.07) is 41.6. The highest BCUT2D eigenvalue weighted by Crippen LogP contribution is 2.42. The van der Waals surface area contributed by atoms with Gasteiger partial charge >= 0.3 is 12.4 Å². The molecule has 10 rings (SSSR count). The van der Waals surface area contributed by atoms with Gasteiger partial charge in [0.2, 0.25) is 5.91 Å². The van der Waals surface area contributed by atoms with Crippen molar-refractivity contribution >= 4 is 225 Å². The molecule has 2 atom stereocenters. The van der Waals surface area contributed by atoms with Crippen LogP contribution in [0.3, 0.4) is 0 Å². The van der Waals surface area contributed by atoms with Crippen LogP contribution in [-0.2, 0) is 17.1 Å². The van der Waals surface area contributed by atoms with Crippen LogP contribution in [0.2, 0.25) is 20.1 Å². The van der Waals surface area contributed by atoms with Gasteiger partial charge in [0.05, 0.1) is 52.4 Å². The number of carbonyl (C=O) groups excluding carboxylic acids is 6. The molecule has 0 aliphatic heterocycles. The van der Waals surface area contributed by atoms with Crippen molar-refractivity contribution in [3.05, 3.63) is 280 Å². The molecule has 5 amide bonds. The predicted octanol–water partition coefficient (Wildman–Crippen LogP) is 25.0. The number of rotatable bonds is 17. The van der Waals surface area contributed by atoms with E-state index in [1.54, 1.807) is 72.8 Å². The van der Waals surface area contributed by atoms with Gasteiger partial charge < -0.3 is 52.1 Å².